The number of hydrogen-bond acceptors (Lipinski definition) is 6. The highest BCUT2D eigenvalue weighted by atomic mass is 32.2. The van der Waals surface area contributed by atoms with Gasteiger partial charge in [-0.05, 0) is 30.7 Å². The molecule has 0 spiro atoms. The van der Waals surface area contributed by atoms with Crippen molar-refractivity contribution in [3.05, 3.63) is 96.2 Å². The van der Waals surface area contributed by atoms with E-state index in [2.05, 4.69) is 15.3 Å². The molecule has 1 N–H and O–H groups in total. The lowest BCUT2D eigenvalue weighted by Crippen LogP contribution is -2.34. The van der Waals surface area contributed by atoms with Crippen molar-refractivity contribution in [1.82, 2.24) is 9.97 Å². The molecular weight excluding hydrogens is 480 g/mol. The zero-order chi connectivity index (χ0) is 24.4. The van der Waals surface area contributed by atoms with E-state index in [0.29, 0.717) is 27.8 Å². The molecule has 176 valence electrons. The van der Waals surface area contributed by atoms with Crippen molar-refractivity contribution in [2.24, 2.45) is 0 Å². The number of fused-ring (bicyclic) bond motifs is 3. The summed E-state index contributed by atoms with van der Waals surface area (Å²) in [5, 5.41) is 3.16. The number of sulfonamides is 1. The molecule has 1 aliphatic heterocycles. The molecule has 3 aromatic carbocycles. The van der Waals surface area contributed by atoms with Gasteiger partial charge in [-0.2, -0.15) is 0 Å². The third-order valence-corrected chi connectivity index (χ3v) is 8.15. The number of rotatable bonds is 6. The van der Waals surface area contributed by atoms with Crippen molar-refractivity contribution in [3.63, 3.8) is 0 Å². The van der Waals surface area contributed by atoms with Gasteiger partial charge in [0.2, 0.25) is 5.91 Å². The molecule has 0 fully saturated rings. The molecule has 0 bridgehead atoms. The highest BCUT2D eigenvalue weighted by molar-refractivity contribution is 7.99. The van der Waals surface area contributed by atoms with Crippen LogP contribution in [0.3, 0.4) is 0 Å². The minimum atomic E-state index is -3.88. The van der Waals surface area contributed by atoms with E-state index >= 15 is 0 Å². The van der Waals surface area contributed by atoms with Crippen molar-refractivity contribution in [3.8, 4) is 11.3 Å². The molecule has 7 nitrogen and oxygen atoms in total. The van der Waals surface area contributed by atoms with Crippen LogP contribution in [0.25, 0.3) is 11.3 Å². The van der Waals surface area contributed by atoms with Gasteiger partial charge in [-0.15, -0.1) is 0 Å². The van der Waals surface area contributed by atoms with Crippen molar-refractivity contribution in [2.45, 2.75) is 23.5 Å². The standard InChI is InChI=1S/C26H22N4O3S2/c1-18-8-7-9-19(14-18)16-30-22-13-6-5-12-21(22)25-23(35(30,32)33)15-27-26(29-25)34-17-24(31)28-20-10-3-2-4-11-20/h2-15H,16-17H2,1H3,(H,28,31). The second-order valence-corrected chi connectivity index (χ2v) is 10.9. The van der Waals surface area contributed by atoms with Crippen LogP contribution >= 0.6 is 11.8 Å². The number of aryl methyl sites for hydroxylation is 1. The van der Waals surface area contributed by atoms with Crippen LogP contribution in [0.2, 0.25) is 0 Å². The van der Waals surface area contributed by atoms with Crippen molar-refractivity contribution in [2.75, 3.05) is 15.4 Å². The van der Waals surface area contributed by atoms with E-state index in [9.17, 15) is 13.2 Å². The van der Waals surface area contributed by atoms with Gasteiger partial charge in [0.15, 0.2) is 5.16 Å². The molecule has 0 aliphatic carbocycles. The van der Waals surface area contributed by atoms with Crippen LogP contribution < -0.4 is 9.62 Å². The maximum Gasteiger partial charge on any atom is 0.268 e. The molecule has 0 atom stereocenters. The lowest BCUT2D eigenvalue weighted by molar-refractivity contribution is -0.113. The highest BCUT2D eigenvalue weighted by Gasteiger charge is 2.36. The smallest absolute Gasteiger partial charge is 0.268 e. The predicted octanol–water partition coefficient (Wildman–Crippen LogP) is 4.89. The molecule has 0 radical (unpaired) electrons. The summed E-state index contributed by atoms with van der Waals surface area (Å²) in [5.74, 6) is -0.0958. The number of hydrogen-bond donors (Lipinski definition) is 1. The van der Waals surface area contributed by atoms with Crippen LogP contribution in [0, 0.1) is 6.92 Å². The Balaban J connectivity index is 1.43. The van der Waals surface area contributed by atoms with Gasteiger partial charge in [-0.25, -0.2) is 18.4 Å². The minimum absolute atomic E-state index is 0.0574. The number of nitrogens with zero attached hydrogens (tertiary/aromatic N) is 3. The van der Waals surface area contributed by atoms with Crippen LogP contribution in [0.15, 0.2) is 95.1 Å². The quantitative estimate of drug-likeness (QED) is 0.298. The van der Waals surface area contributed by atoms with Gasteiger partial charge in [0.05, 0.1) is 29.9 Å². The monoisotopic (exact) mass is 502 g/mol. The van der Waals surface area contributed by atoms with E-state index in [1.807, 2.05) is 79.7 Å². The van der Waals surface area contributed by atoms with E-state index in [4.69, 9.17) is 0 Å². The molecule has 1 amide bonds. The molecular formula is C26H22N4O3S2. The van der Waals surface area contributed by atoms with E-state index in [-0.39, 0.29) is 23.1 Å². The third-order valence-electron chi connectivity index (χ3n) is 5.53. The molecule has 4 aromatic rings. The van der Waals surface area contributed by atoms with Gasteiger partial charge in [-0.3, -0.25) is 9.10 Å². The molecule has 5 rings (SSSR count). The molecule has 9 heteroatoms. The summed E-state index contributed by atoms with van der Waals surface area (Å²) in [6, 6.07) is 24.3. The van der Waals surface area contributed by atoms with E-state index in [1.54, 1.807) is 6.07 Å². The Hall–Kier alpha value is -3.69. The maximum absolute atomic E-state index is 13.6. The number of anilines is 2. The molecule has 1 aromatic heterocycles. The molecule has 0 saturated heterocycles. The van der Waals surface area contributed by atoms with Crippen molar-refractivity contribution < 1.29 is 13.2 Å². The normalized spacial score (nSPS) is 13.6. The van der Waals surface area contributed by atoms with Gasteiger partial charge in [-0.1, -0.05) is 78.0 Å². The summed E-state index contributed by atoms with van der Waals surface area (Å²) in [7, 11) is -3.88. The van der Waals surface area contributed by atoms with Crippen LogP contribution in [-0.4, -0.2) is 30.0 Å². The van der Waals surface area contributed by atoms with Gasteiger partial charge >= 0.3 is 0 Å². The summed E-state index contributed by atoms with van der Waals surface area (Å²) in [6.07, 6.45) is 1.34. The highest BCUT2D eigenvalue weighted by Crippen LogP contribution is 2.42. The fraction of sp³-hybridized carbons (Fsp3) is 0.115. The Morgan fingerprint density at radius 2 is 1.77 bits per heavy atom. The maximum atomic E-state index is 13.6. The molecule has 35 heavy (non-hydrogen) atoms. The first-order valence-corrected chi connectivity index (χ1v) is 13.4. The number of thioether (sulfide) groups is 1. The summed E-state index contributed by atoms with van der Waals surface area (Å²) < 4.78 is 28.6. The third kappa shape index (κ3) is 4.78. The van der Waals surface area contributed by atoms with Gasteiger partial charge in [0, 0.05) is 11.3 Å². The second kappa shape index (κ2) is 9.52. The molecule has 1 aliphatic rings. The van der Waals surface area contributed by atoms with Crippen molar-refractivity contribution in [1.29, 1.82) is 0 Å². The largest absolute Gasteiger partial charge is 0.325 e. The van der Waals surface area contributed by atoms with Gasteiger partial charge in [0.25, 0.3) is 10.0 Å². The molecule has 2 heterocycles. The zero-order valence-electron chi connectivity index (χ0n) is 18.9. The average Bonchev–Trinajstić information content (AvgIpc) is 2.86. The summed E-state index contributed by atoms with van der Waals surface area (Å²) in [6.45, 7) is 2.18. The second-order valence-electron chi connectivity index (χ2n) is 8.09. The van der Waals surface area contributed by atoms with Crippen LogP contribution in [0.4, 0.5) is 11.4 Å². The molecule has 0 saturated carbocycles. The predicted molar refractivity (Wildman–Crippen MR) is 138 cm³/mol. The number of benzene rings is 3. The summed E-state index contributed by atoms with van der Waals surface area (Å²) in [5.41, 5.74) is 4.29. The first-order chi connectivity index (χ1) is 16.9. The SMILES string of the molecule is Cc1cccc(CN2c3ccccc3-c3nc(SCC(=O)Nc4ccccc4)ncc3S2(=O)=O)c1. The number of nitrogens with one attached hydrogen (secondary N) is 1. The number of carbonyl (C=O) groups is 1. The Morgan fingerprint density at radius 1 is 1.00 bits per heavy atom. The van der Waals surface area contributed by atoms with Crippen molar-refractivity contribution >= 4 is 39.1 Å². The lowest BCUT2D eigenvalue weighted by Gasteiger charge is -2.31. The molecule has 0 unspecified atom stereocenters. The topological polar surface area (TPSA) is 92.3 Å². The fourth-order valence-electron chi connectivity index (χ4n) is 3.94. The van der Waals surface area contributed by atoms with Crippen LogP contribution in [0.1, 0.15) is 11.1 Å². The number of para-hydroxylation sites is 2. The number of carbonyl (C=O) groups excluding carboxylic acids is 1. The summed E-state index contributed by atoms with van der Waals surface area (Å²) in [4.78, 5) is 21.2. The Bertz CT molecular complexity index is 1510. The lowest BCUT2D eigenvalue weighted by atomic mass is 10.1. The van der Waals surface area contributed by atoms with Gasteiger partial charge in [0.1, 0.15) is 4.90 Å². The zero-order valence-corrected chi connectivity index (χ0v) is 20.5. The first kappa shape index (κ1) is 23.1. The number of amides is 1. The van der Waals surface area contributed by atoms with Gasteiger partial charge < -0.3 is 5.32 Å². The minimum Gasteiger partial charge on any atom is -0.325 e. The van der Waals surface area contributed by atoms with E-state index in [0.717, 1.165) is 22.9 Å². The number of aromatic nitrogens is 2. The van der Waals surface area contributed by atoms with E-state index < -0.39 is 10.0 Å². The Kier molecular flexibility index (Phi) is 6.27. The average molecular weight is 503 g/mol. The first-order valence-electron chi connectivity index (χ1n) is 10.9. The summed E-state index contributed by atoms with van der Waals surface area (Å²) >= 11 is 1.16. The van der Waals surface area contributed by atoms with Crippen LogP contribution in [-0.2, 0) is 21.4 Å². The van der Waals surface area contributed by atoms with E-state index in [1.165, 1.54) is 10.5 Å². The van der Waals surface area contributed by atoms with Crippen LogP contribution in [0.5, 0.6) is 0 Å². The Morgan fingerprint density at radius 3 is 2.57 bits per heavy atom. The fourth-order valence-corrected chi connectivity index (χ4v) is 6.12. The Labute approximate surface area is 208 Å².